The Morgan fingerprint density at radius 3 is 1.90 bits per heavy atom. The summed E-state index contributed by atoms with van der Waals surface area (Å²) < 4.78 is 0. The highest BCUT2D eigenvalue weighted by molar-refractivity contribution is 6.91. The number of hydrogen-bond donors (Lipinski definition) is 1. The standard InChI is InChI=1S/C18H22O2Si/c1-14(21(2,3)16-12-8-5-9-13-16)17(18(19)20)15-10-6-4-7-11-15/h4-14,17H,1-3H3,(H,19,20). The summed E-state index contributed by atoms with van der Waals surface area (Å²) >= 11 is 0. The molecule has 110 valence electrons. The minimum absolute atomic E-state index is 0.111. The molecule has 0 bridgehead atoms. The first-order chi connectivity index (χ1) is 9.94. The van der Waals surface area contributed by atoms with E-state index in [1.807, 2.05) is 48.5 Å². The maximum atomic E-state index is 11.8. The Morgan fingerprint density at radius 1 is 0.952 bits per heavy atom. The molecular formula is C18H22O2Si. The monoisotopic (exact) mass is 298 g/mol. The van der Waals surface area contributed by atoms with Crippen LogP contribution in [0.2, 0.25) is 18.6 Å². The van der Waals surface area contributed by atoms with E-state index in [0.29, 0.717) is 0 Å². The summed E-state index contributed by atoms with van der Waals surface area (Å²) in [6, 6.07) is 19.9. The van der Waals surface area contributed by atoms with Crippen LogP contribution >= 0.6 is 0 Å². The fraction of sp³-hybridized carbons (Fsp3) is 0.278. The lowest BCUT2D eigenvalue weighted by Crippen LogP contribution is -2.48. The molecule has 0 spiro atoms. The van der Waals surface area contributed by atoms with Crippen molar-refractivity contribution < 1.29 is 9.90 Å². The number of aliphatic carboxylic acids is 1. The summed E-state index contributed by atoms with van der Waals surface area (Å²) in [5, 5.41) is 11.0. The van der Waals surface area contributed by atoms with Gasteiger partial charge >= 0.3 is 5.97 Å². The normalized spacial score (nSPS) is 14.4. The zero-order valence-corrected chi connectivity index (χ0v) is 13.8. The predicted octanol–water partition coefficient (Wildman–Crippen LogP) is 3.86. The van der Waals surface area contributed by atoms with Crippen LogP contribution in [0.4, 0.5) is 0 Å². The van der Waals surface area contributed by atoms with Crippen LogP contribution in [0.25, 0.3) is 0 Å². The number of rotatable bonds is 5. The summed E-state index contributed by atoms with van der Waals surface area (Å²) in [6.07, 6.45) is 0. The van der Waals surface area contributed by atoms with Crippen molar-refractivity contribution in [3.05, 3.63) is 66.2 Å². The molecule has 0 amide bonds. The van der Waals surface area contributed by atoms with Gasteiger partial charge in [-0.15, -0.1) is 0 Å². The van der Waals surface area contributed by atoms with E-state index < -0.39 is 20.0 Å². The van der Waals surface area contributed by atoms with Crippen LogP contribution in [0.1, 0.15) is 18.4 Å². The second kappa shape index (κ2) is 6.27. The molecule has 2 atom stereocenters. The van der Waals surface area contributed by atoms with Gasteiger partial charge in [-0.25, -0.2) is 0 Å². The van der Waals surface area contributed by atoms with Crippen LogP contribution in [-0.4, -0.2) is 19.1 Å². The van der Waals surface area contributed by atoms with Gasteiger partial charge in [-0.2, -0.15) is 0 Å². The first-order valence-corrected chi connectivity index (χ1v) is 10.4. The van der Waals surface area contributed by atoms with E-state index in [4.69, 9.17) is 0 Å². The maximum Gasteiger partial charge on any atom is 0.310 e. The number of hydrogen-bond acceptors (Lipinski definition) is 1. The van der Waals surface area contributed by atoms with Crippen LogP contribution in [0.15, 0.2) is 60.7 Å². The summed E-state index contributed by atoms with van der Waals surface area (Å²) in [5.41, 5.74) is 1.01. The molecule has 0 aromatic heterocycles. The largest absolute Gasteiger partial charge is 0.481 e. The van der Waals surface area contributed by atoms with E-state index >= 15 is 0 Å². The third-order valence-electron chi connectivity index (χ3n) is 4.58. The molecule has 2 rings (SSSR count). The summed E-state index contributed by atoms with van der Waals surface area (Å²) in [5.74, 6) is -1.18. The SMILES string of the molecule is CC(C(C(=O)O)c1ccccc1)[Si](C)(C)c1ccccc1. The van der Waals surface area contributed by atoms with E-state index in [1.165, 1.54) is 5.19 Å². The smallest absolute Gasteiger partial charge is 0.310 e. The van der Waals surface area contributed by atoms with Gasteiger partial charge in [0.25, 0.3) is 0 Å². The lowest BCUT2D eigenvalue weighted by atomic mass is 9.96. The second-order valence-electron chi connectivity index (χ2n) is 6.10. The Labute approximate surface area is 127 Å². The number of carboxylic acid groups (broad SMARTS) is 1. The highest BCUT2D eigenvalue weighted by Gasteiger charge is 2.39. The van der Waals surface area contributed by atoms with Crippen LogP contribution in [0.3, 0.4) is 0 Å². The summed E-state index contributed by atoms with van der Waals surface area (Å²) in [7, 11) is -1.87. The van der Waals surface area contributed by atoms with E-state index in [0.717, 1.165) is 5.56 Å². The van der Waals surface area contributed by atoms with Crippen molar-refractivity contribution in [2.75, 3.05) is 0 Å². The maximum absolute atomic E-state index is 11.8. The lowest BCUT2D eigenvalue weighted by molar-refractivity contribution is -0.138. The van der Waals surface area contributed by atoms with Crippen molar-refractivity contribution >= 4 is 19.2 Å². The Balaban J connectivity index is 2.39. The van der Waals surface area contributed by atoms with Gasteiger partial charge in [0.15, 0.2) is 0 Å². The molecule has 0 heterocycles. The molecule has 0 saturated carbocycles. The Morgan fingerprint density at radius 2 is 1.43 bits per heavy atom. The molecule has 0 aliphatic carbocycles. The van der Waals surface area contributed by atoms with Crippen molar-refractivity contribution in [3.8, 4) is 0 Å². The summed E-state index contributed by atoms with van der Waals surface area (Å²) in [4.78, 5) is 11.8. The number of carbonyl (C=O) groups is 1. The first kappa shape index (κ1) is 15.5. The molecule has 2 nitrogen and oxygen atoms in total. The zero-order chi connectivity index (χ0) is 15.5. The quantitative estimate of drug-likeness (QED) is 0.851. The van der Waals surface area contributed by atoms with Gasteiger partial charge in [0.2, 0.25) is 0 Å². The molecular weight excluding hydrogens is 276 g/mol. The van der Waals surface area contributed by atoms with Gasteiger partial charge in [0, 0.05) is 0 Å². The minimum atomic E-state index is -1.87. The molecule has 0 radical (unpaired) electrons. The van der Waals surface area contributed by atoms with E-state index in [2.05, 4.69) is 32.2 Å². The summed E-state index contributed by atoms with van der Waals surface area (Å²) in [6.45, 7) is 6.60. The lowest BCUT2D eigenvalue weighted by Gasteiger charge is -2.34. The minimum Gasteiger partial charge on any atom is -0.481 e. The van der Waals surface area contributed by atoms with Gasteiger partial charge in [-0.3, -0.25) is 4.79 Å². The van der Waals surface area contributed by atoms with Crippen LogP contribution in [0.5, 0.6) is 0 Å². The fourth-order valence-electron chi connectivity index (χ4n) is 2.85. The molecule has 1 N–H and O–H groups in total. The molecule has 0 aliphatic rings. The van der Waals surface area contributed by atoms with Gasteiger partial charge in [-0.05, 0) is 11.1 Å². The third kappa shape index (κ3) is 3.24. The number of benzene rings is 2. The topological polar surface area (TPSA) is 37.3 Å². The fourth-order valence-corrected chi connectivity index (χ4v) is 5.60. The molecule has 3 heteroatoms. The highest BCUT2D eigenvalue weighted by atomic mass is 28.3. The van der Waals surface area contributed by atoms with E-state index in [-0.39, 0.29) is 5.54 Å². The predicted molar refractivity (Wildman–Crippen MR) is 89.8 cm³/mol. The molecule has 0 fully saturated rings. The first-order valence-electron chi connectivity index (χ1n) is 7.28. The van der Waals surface area contributed by atoms with Crippen LogP contribution in [0, 0.1) is 0 Å². The van der Waals surface area contributed by atoms with E-state index in [1.54, 1.807) is 0 Å². The average molecular weight is 298 g/mol. The molecule has 2 unspecified atom stereocenters. The molecule has 21 heavy (non-hydrogen) atoms. The van der Waals surface area contributed by atoms with Crippen molar-refractivity contribution in [1.82, 2.24) is 0 Å². The average Bonchev–Trinajstić information content (AvgIpc) is 2.49. The Bertz CT molecular complexity index is 593. The third-order valence-corrected chi connectivity index (χ3v) is 9.01. The van der Waals surface area contributed by atoms with Gasteiger partial charge in [-0.1, -0.05) is 85.9 Å². The zero-order valence-electron chi connectivity index (χ0n) is 12.8. The van der Waals surface area contributed by atoms with Gasteiger partial charge in [0.1, 0.15) is 0 Å². The molecule has 0 saturated heterocycles. The van der Waals surface area contributed by atoms with Crippen molar-refractivity contribution in [2.24, 2.45) is 0 Å². The highest BCUT2D eigenvalue weighted by Crippen LogP contribution is 2.36. The molecule has 2 aromatic carbocycles. The van der Waals surface area contributed by atoms with Crippen molar-refractivity contribution in [3.63, 3.8) is 0 Å². The van der Waals surface area contributed by atoms with Crippen molar-refractivity contribution in [2.45, 2.75) is 31.5 Å². The van der Waals surface area contributed by atoms with E-state index in [9.17, 15) is 9.90 Å². The van der Waals surface area contributed by atoms with Gasteiger partial charge < -0.3 is 5.11 Å². The van der Waals surface area contributed by atoms with Crippen molar-refractivity contribution in [1.29, 1.82) is 0 Å². The van der Waals surface area contributed by atoms with Crippen LogP contribution < -0.4 is 5.19 Å². The molecule has 2 aromatic rings. The van der Waals surface area contributed by atoms with Crippen LogP contribution in [-0.2, 0) is 4.79 Å². The Kier molecular flexibility index (Phi) is 4.63. The number of carboxylic acids is 1. The Hall–Kier alpha value is -1.87. The molecule has 0 aliphatic heterocycles. The van der Waals surface area contributed by atoms with Gasteiger partial charge in [0.05, 0.1) is 14.0 Å². The second-order valence-corrected chi connectivity index (χ2v) is 11.0.